The third-order valence-electron chi connectivity index (χ3n) is 13.9. The van der Waals surface area contributed by atoms with Crippen molar-refractivity contribution >= 4 is 43.7 Å². The van der Waals surface area contributed by atoms with E-state index in [1.54, 1.807) is 0 Å². The van der Waals surface area contributed by atoms with Crippen LogP contribution in [0.15, 0.2) is 224 Å². The van der Waals surface area contributed by atoms with Crippen molar-refractivity contribution in [2.75, 3.05) is 0 Å². The zero-order valence-electron chi connectivity index (χ0n) is 35.6. The van der Waals surface area contributed by atoms with Crippen LogP contribution < -0.4 is 0 Å². The summed E-state index contributed by atoms with van der Waals surface area (Å²) in [6.45, 7) is 0. The summed E-state index contributed by atoms with van der Waals surface area (Å²) < 4.78 is 0. The van der Waals surface area contributed by atoms with Gasteiger partial charge in [0.1, 0.15) is 0 Å². The van der Waals surface area contributed by atoms with Crippen LogP contribution in [0, 0.1) is 0 Å². The van der Waals surface area contributed by atoms with Crippen LogP contribution in [0.2, 0.25) is 0 Å². The molecule has 2 aliphatic rings. The van der Waals surface area contributed by atoms with E-state index in [0.717, 1.165) is 22.3 Å². The van der Waals surface area contributed by atoms with Gasteiger partial charge in [0.05, 0.1) is 5.41 Å². The number of fused-ring (bicyclic) bond motifs is 16. The molecule has 306 valence electrons. The molecule has 66 heavy (non-hydrogen) atoms. The number of benzene rings is 10. The second kappa shape index (κ2) is 14.3. The highest BCUT2D eigenvalue weighted by molar-refractivity contribution is 7.20. The molecule has 10 aromatic carbocycles. The zero-order valence-corrected chi connectivity index (χ0v) is 36.4. The molecular formula is C62H37N3S. The maximum absolute atomic E-state index is 5.21. The Morgan fingerprint density at radius 1 is 0.288 bits per heavy atom. The lowest BCUT2D eigenvalue weighted by Gasteiger charge is -2.31. The van der Waals surface area contributed by atoms with Crippen LogP contribution in [0.3, 0.4) is 0 Å². The van der Waals surface area contributed by atoms with Gasteiger partial charge in [0.2, 0.25) is 0 Å². The Balaban J connectivity index is 1.08. The van der Waals surface area contributed by atoms with Crippen molar-refractivity contribution in [1.29, 1.82) is 0 Å². The first-order valence-corrected chi connectivity index (χ1v) is 23.3. The van der Waals surface area contributed by atoms with Crippen LogP contribution in [0.4, 0.5) is 0 Å². The quantitative estimate of drug-likeness (QED) is 0.162. The smallest absolute Gasteiger partial charge is 0.164 e. The third kappa shape index (κ3) is 5.28. The highest BCUT2D eigenvalue weighted by Crippen LogP contribution is 2.68. The van der Waals surface area contributed by atoms with E-state index in [0.29, 0.717) is 17.5 Å². The second-order valence-corrected chi connectivity index (χ2v) is 18.4. The van der Waals surface area contributed by atoms with Crippen LogP contribution in [-0.2, 0) is 5.41 Å². The Hall–Kier alpha value is -8.31. The van der Waals surface area contributed by atoms with Crippen LogP contribution >= 0.6 is 11.3 Å². The SMILES string of the molecule is c1ccc(-c2nc(-c3ccccc3)nc(-c3cccc(-c4c(-c5ccc6c7ccccc7c7ccccc7c6c5)sc5c4C4(c6ccccc6-c6ccccc64)c4ccccc4-5)c3)n2)cc1. The van der Waals surface area contributed by atoms with E-state index in [1.165, 1.54) is 92.1 Å². The summed E-state index contributed by atoms with van der Waals surface area (Å²) in [6, 6.07) is 81.6. The average molecular weight is 856 g/mol. The fraction of sp³-hybridized carbons (Fsp3) is 0.0161. The van der Waals surface area contributed by atoms with Crippen molar-refractivity contribution in [3.63, 3.8) is 0 Å². The van der Waals surface area contributed by atoms with Crippen molar-refractivity contribution in [3.05, 3.63) is 247 Å². The maximum atomic E-state index is 5.21. The largest absolute Gasteiger partial charge is 0.208 e. The molecule has 0 fully saturated rings. The minimum absolute atomic E-state index is 0.535. The Morgan fingerprint density at radius 2 is 0.712 bits per heavy atom. The number of rotatable bonds is 5. The van der Waals surface area contributed by atoms with Crippen molar-refractivity contribution in [2.24, 2.45) is 0 Å². The van der Waals surface area contributed by atoms with Gasteiger partial charge in [0.25, 0.3) is 0 Å². The molecule has 2 heterocycles. The van der Waals surface area contributed by atoms with Crippen LogP contribution in [0.5, 0.6) is 0 Å². The van der Waals surface area contributed by atoms with Crippen LogP contribution in [0.1, 0.15) is 22.3 Å². The molecule has 0 atom stereocenters. The Kier molecular flexibility index (Phi) is 8.07. The number of aromatic nitrogens is 3. The van der Waals surface area contributed by atoms with E-state index in [2.05, 4.69) is 188 Å². The van der Waals surface area contributed by atoms with Crippen molar-refractivity contribution < 1.29 is 0 Å². The standard InChI is InChI=1S/C62H37N3S/c1-3-18-38(19-4-1)59-63-60(39-20-5-2-6-21-39)65-61(64-59)42-23-17-22-40(36-42)55-56-58(50-30-13-16-33-54(50)62(56)52-31-14-11-28-48(52)49-29-12-15-32-53(49)62)66-57(55)41-34-35-47-45-26-8-7-24-43(45)44-25-9-10-27-46(44)51(47)37-41/h1-37H. The molecule has 2 aromatic heterocycles. The van der Waals surface area contributed by atoms with E-state index >= 15 is 0 Å². The average Bonchev–Trinajstić information content (AvgIpc) is 4.03. The highest BCUT2D eigenvalue weighted by Gasteiger charge is 2.54. The summed E-state index contributed by atoms with van der Waals surface area (Å²) in [6.07, 6.45) is 0. The number of thiophene rings is 1. The van der Waals surface area contributed by atoms with E-state index in [9.17, 15) is 0 Å². The first kappa shape index (κ1) is 37.1. The van der Waals surface area contributed by atoms with E-state index in [-0.39, 0.29) is 0 Å². The normalized spacial score (nSPS) is 13.0. The summed E-state index contributed by atoms with van der Waals surface area (Å²) in [4.78, 5) is 18.0. The monoisotopic (exact) mass is 855 g/mol. The first-order valence-electron chi connectivity index (χ1n) is 22.5. The van der Waals surface area contributed by atoms with E-state index in [1.807, 2.05) is 47.7 Å². The van der Waals surface area contributed by atoms with E-state index in [4.69, 9.17) is 15.0 Å². The van der Waals surface area contributed by atoms with Gasteiger partial charge in [-0.2, -0.15) is 0 Å². The van der Waals surface area contributed by atoms with Gasteiger partial charge < -0.3 is 0 Å². The summed E-state index contributed by atoms with van der Waals surface area (Å²) in [5.74, 6) is 1.93. The van der Waals surface area contributed by atoms with Gasteiger partial charge in [-0.15, -0.1) is 11.3 Å². The molecule has 0 bridgehead atoms. The first-order chi connectivity index (χ1) is 32.7. The van der Waals surface area contributed by atoms with Crippen LogP contribution in [-0.4, -0.2) is 15.0 Å². The lowest BCUT2D eigenvalue weighted by atomic mass is 9.69. The molecule has 0 saturated carbocycles. The van der Waals surface area contributed by atoms with Gasteiger partial charge in [0, 0.05) is 32.0 Å². The van der Waals surface area contributed by atoms with E-state index < -0.39 is 5.41 Å². The minimum atomic E-state index is -0.535. The number of nitrogens with zero attached hydrogens (tertiary/aromatic N) is 3. The van der Waals surface area contributed by atoms with Gasteiger partial charge in [-0.25, -0.2) is 15.0 Å². The van der Waals surface area contributed by atoms with Gasteiger partial charge >= 0.3 is 0 Å². The molecule has 1 spiro atoms. The highest BCUT2D eigenvalue weighted by atomic mass is 32.1. The predicted octanol–water partition coefficient (Wildman–Crippen LogP) is 16.1. The summed E-state index contributed by atoms with van der Waals surface area (Å²) >= 11 is 1.93. The molecule has 2 aliphatic carbocycles. The number of hydrogen-bond donors (Lipinski definition) is 0. The molecule has 0 N–H and O–H groups in total. The molecule has 12 aromatic rings. The fourth-order valence-electron chi connectivity index (χ4n) is 11.2. The zero-order chi connectivity index (χ0) is 43.3. The second-order valence-electron chi connectivity index (χ2n) is 17.4. The molecule has 4 heteroatoms. The predicted molar refractivity (Wildman–Crippen MR) is 274 cm³/mol. The van der Waals surface area contributed by atoms with Crippen molar-refractivity contribution in [3.8, 4) is 77.3 Å². The van der Waals surface area contributed by atoms with Crippen molar-refractivity contribution in [2.45, 2.75) is 5.41 Å². The summed E-state index contributed by atoms with van der Waals surface area (Å²) in [7, 11) is 0. The Morgan fingerprint density at radius 3 is 1.29 bits per heavy atom. The van der Waals surface area contributed by atoms with Gasteiger partial charge in [-0.1, -0.05) is 212 Å². The van der Waals surface area contributed by atoms with Crippen molar-refractivity contribution in [1.82, 2.24) is 15.0 Å². The molecule has 0 unspecified atom stereocenters. The van der Waals surface area contributed by atoms with Gasteiger partial charge in [-0.05, 0) is 94.5 Å². The molecule has 14 rings (SSSR count). The van der Waals surface area contributed by atoms with Gasteiger partial charge in [0.15, 0.2) is 17.5 Å². The summed E-state index contributed by atoms with van der Waals surface area (Å²) in [5.41, 5.74) is 15.1. The topological polar surface area (TPSA) is 38.7 Å². The lowest BCUT2D eigenvalue weighted by molar-refractivity contribution is 0.798. The minimum Gasteiger partial charge on any atom is -0.208 e. The molecule has 0 amide bonds. The lowest BCUT2D eigenvalue weighted by Crippen LogP contribution is -2.26. The molecule has 0 saturated heterocycles. The van der Waals surface area contributed by atoms with Gasteiger partial charge in [-0.3, -0.25) is 0 Å². The Bertz CT molecular complexity index is 3810. The maximum Gasteiger partial charge on any atom is 0.164 e. The molecule has 3 nitrogen and oxygen atoms in total. The molecular weight excluding hydrogens is 819 g/mol. The fourth-order valence-corrected chi connectivity index (χ4v) is 12.6. The van der Waals surface area contributed by atoms with Crippen LogP contribution in [0.25, 0.3) is 110 Å². The Labute approximate surface area is 386 Å². The number of hydrogen-bond acceptors (Lipinski definition) is 4. The molecule has 0 radical (unpaired) electrons. The third-order valence-corrected chi connectivity index (χ3v) is 15.2. The molecule has 0 aliphatic heterocycles. The summed E-state index contributed by atoms with van der Waals surface area (Å²) in [5, 5.41) is 7.61.